The second kappa shape index (κ2) is 5.37. The molecular weight excluding hydrogens is 239 g/mol. The molecule has 0 bridgehead atoms. The van der Waals surface area contributed by atoms with E-state index in [-0.39, 0.29) is 12.3 Å². The fourth-order valence-corrected chi connectivity index (χ4v) is 1.78. The summed E-state index contributed by atoms with van der Waals surface area (Å²) in [7, 11) is 0. The minimum Gasteiger partial charge on any atom is -0.489 e. The third-order valence-electron chi connectivity index (χ3n) is 2.66. The molecule has 17 heavy (non-hydrogen) atoms. The fraction of sp³-hybridized carbons (Fsp3) is 0.286. The van der Waals surface area contributed by atoms with Crippen LogP contribution in [0, 0.1) is 0 Å². The molecule has 0 N–H and O–H groups in total. The van der Waals surface area contributed by atoms with Crippen LogP contribution in [-0.4, -0.2) is 11.5 Å². The predicted octanol–water partition coefficient (Wildman–Crippen LogP) is 3.99. The quantitative estimate of drug-likeness (QED) is 0.736. The molecule has 0 aliphatic heterocycles. The highest BCUT2D eigenvalue weighted by Crippen LogP contribution is 2.27. The highest BCUT2D eigenvalue weighted by Gasteiger charge is 2.26. The minimum atomic E-state index is -1.42. The first kappa shape index (κ1) is 12.2. The van der Waals surface area contributed by atoms with Crippen LogP contribution < -0.4 is 0 Å². The van der Waals surface area contributed by atoms with Crippen molar-refractivity contribution in [2.75, 3.05) is 5.88 Å². The van der Waals surface area contributed by atoms with Gasteiger partial charge in [0.25, 0.3) is 0 Å². The van der Waals surface area contributed by atoms with Gasteiger partial charge in [-0.3, -0.25) is 0 Å². The lowest BCUT2D eigenvalue weighted by atomic mass is 9.99. The summed E-state index contributed by atoms with van der Waals surface area (Å²) in [6.45, 7) is 0.497. The van der Waals surface area contributed by atoms with Crippen molar-refractivity contribution in [2.24, 2.45) is 0 Å². The Labute approximate surface area is 106 Å². The lowest BCUT2D eigenvalue weighted by molar-refractivity contribution is 0.197. The maximum atomic E-state index is 13.7. The van der Waals surface area contributed by atoms with Crippen molar-refractivity contribution in [3.05, 3.63) is 59.9 Å². The molecular formula is C14H14ClFO. The highest BCUT2D eigenvalue weighted by molar-refractivity contribution is 6.18. The summed E-state index contributed by atoms with van der Waals surface area (Å²) in [4.78, 5) is 0. The van der Waals surface area contributed by atoms with Crippen molar-refractivity contribution in [1.82, 2.24) is 0 Å². The van der Waals surface area contributed by atoms with Crippen LogP contribution in [0.25, 0.3) is 0 Å². The fourth-order valence-electron chi connectivity index (χ4n) is 1.58. The maximum Gasteiger partial charge on any atom is 0.146 e. The Morgan fingerprint density at radius 1 is 1.29 bits per heavy atom. The van der Waals surface area contributed by atoms with Gasteiger partial charge in [0.1, 0.15) is 18.0 Å². The molecule has 1 unspecified atom stereocenters. The number of allylic oxidation sites excluding steroid dienone is 3. The zero-order valence-corrected chi connectivity index (χ0v) is 10.2. The summed E-state index contributed by atoms with van der Waals surface area (Å²) in [6, 6.07) is 9.87. The molecule has 3 heteroatoms. The maximum absolute atomic E-state index is 13.7. The van der Waals surface area contributed by atoms with Gasteiger partial charge in [0.05, 0.1) is 5.88 Å². The molecule has 0 saturated heterocycles. The zero-order chi connectivity index (χ0) is 12.1. The Kier molecular flexibility index (Phi) is 3.85. The lowest BCUT2D eigenvalue weighted by Crippen LogP contribution is -2.23. The van der Waals surface area contributed by atoms with Crippen LogP contribution in [0.4, 0.5) is 4.39 Å². The Balaban J connectivity index is 1.89. The average Bonchev–Trinajstić information content (AvgIpc) is 2.39. The third-order valence-corrected chi connectivity index (χ3v) is 3.10. The smallest absolute Gasteiger partial charge is 0.146 e. The molecule has 1 aliphatic rings. The van der Waals surface area contributed by atoms with Crippen LogP contribution >= 0.6 is 11.6 Å². The second-order valence-corrected chi connectivity index (χ2v) is 4.35. The summed E-state index contributed by atoms with van der Waals surface area (Å²) >= 11 is 5.55. The SMILES string of the molecule is FC1(CCl)C=CC(OCc2ccccc2)=CC1. The van der Waals surface area contributed by atoms with Gasteiger partial charge in [0.15, 0.2) is 0 Å². The normalized spacial score (nSPS) is 23.3. The van der Waals surface area contributed by atoms with Crippen LogP contribution in [0.2, 0.25) is 0 Å². The standard InChI is InChI=1S/C14H14ClFO/c15-11-14(16)8-6-13(7-9-14)17-10-12-4-2-1-3-5-12/h1-8H,9-11H2. The van der Waals surface area contributed by atoms with Crippen LogP contribution in [0.5, 0.6) is 0 Å². The van der Waals surface area contributed by atoms with E-state index in [1.165, 1.54) is 6.08 Å². The average molecular weight is 253 g/mol. The number of hydrogen-bond donors (Lipinski definition) is 0. The Bertz CT molecular complexity index is 427. The summed E-state index contributed by atoms with van der Waals surface area (Å²) in [5.74, 6) is 0.679. The molecule has 0 radical (unpaired) electrons. The molecule has 1 nitrogen and oxygen atoms in total. The highest BCUT2D eigenvalue weighted by atomic mass is 35.5. The van der Waals surface area contributed by atoms with Crippen molar-refractivity contribution in [2.45, 2.75) is 18.7 Å². The number of benzene rings is 1. The van der Waals surface area contributed by atoms with Crippen LogP contribution in [0.1, 0.15) is 12.0 Å². The van der Waals surface area contributed by atoms with Gasteiger partial charge in [0.2, 0.25) is 0 Å². The summed E-state index contributed by atoms with van der Waals surface area (Å²) in [5, 5.41) is 0. The number of rotatable bonds is 4. The van der Waals surface area contributed by atoms with E-state index in [9.17, 15) is 4.39 Å². The largest absolute Gasteiger partial charge is 0.489 e. The lowest BCUT2D eigenvalue weighted by Gasteiger charge is -2.21. The molecule has 0 amide bonds. The molecule has 2 rings (SSSR count). The Morgan fingerprint density at radius 3 is 2.65 bits per heavy atom. The van der Waals surface area contributed by atoms with E-state index in [0.29, 0.717) is 12.4 Å². The first-order chi connectivity index (χ1) is 8.22. The molecule has 0 fully saturated rings. The molecule has 0 aromatic heterocycles. The summed E-state index contributed by atoms with van der Waals surface area (Å²) in [5.41, 5.74) is -0.322. The predicted molar refractivity (Wildman–Crippen MR) is 67.6 cm³/mol. The molecule has 0 heterocycles. The first-order valence-electron chi connectivity index (χ1n) is 5.53. The summed E-state index contributed by atoms with van der Waals surface area (Å²) in [6.07, 6.45) is 5.14. The van der Waals surface area contributed by atoms with Crippen molar-refractivity contribution < 1.29 is 9.13 Å². The second-order valence-electron chi connectivity index (χ2n) is 4.09. The van der Waals surface area contributed by atoms with Crippen molar-refractivity contribution >= 4 is 11.6 Å². The first-order valence-corrected chi connectivity index (χ1v) is 6.06. The van der Waals surface area contributed by atoms with Crippen LogP contribution in [0.15, 0.2) is 54.3 Å². The molecule has 1 aliphatic carbocycles. The van der Waals surface area contributed by atoms with E-state index >= 15 is 0 Å². The number of alkyl halides is 2. The monoisotopic (exact) mass is 252 g/mol. The van der Waals surface area contributed by atoms with Gasteiger partial charge in [-0.2, -0.15) is 0 Å². The molecule has 1 aromatic rings. The van der Waals surface area contributed by atoms with E-state index in [2.05, 4.69) is 0 Å². The topological polar surface area (TPSA) is 9.23 Å². The van der Waals surface area contributed by atoms with E-state index in [1.54, 1.807) is 12.2 Å². The Hall–Kier alpha value is -1.28. The Morgan fingerprint density at radius 2 is 2.06 bits per heavy atom. The van der Waals surface area contributed by atoms with Gasteiger partial charge in [-0.15, -0.1) is 11.6 Å². The van der Waals surface area contributed by atoms with Gasteiger partial charge in [-0.05, 0) is 23.8 Å². The van der Waals surface area contributed by atoms with Crippen molar-refractivity contribution in [3.63, 3.8) is 0 Å². The van der Waals surface area contributed by atoms with Gasteiger partial charge in [-0.1, -0.05) is 30.3 Å². The zero-order valence-electron chi connectivity index (χ0n) is 9.40. The summed E-state index contributed by atoms with van der Waals surface area (Å²) < 4.78 is 19.3. The van der Waals surface area contributed by atoms with E-state index in [4.69, 9.17) is 16.3 Å². The third kappa shape index (κ3) is 3.34. The number of halogens is 2. The van der Waals surface area contributed by atoms with Crippen molar-refractivity contribution in [3.8, 4) is 0 Å². The van der Waals surface area contributed by atoms with E-state index in [1.807, 2.05) is 30.3 Å². The van der Waals surface area contributed by atoms with Crippen LogP contribution in [-0.2, 0) is 11.3 Å². The molecule has 90 valence electrons. The number of hydrogen-bond acceptors (Lipinski definition) is 1. The van der Waals surface area contributed by atoms with Gasteiger partial charge < -0.3 is 4.74 Å². The molecule has 1 atom stereocenters. The molecule has 1 aromatic carbocycles. The molecule has 0 saturated carbocycles. The van der Waals surface area contributed by atoms with E-state index in [0.717, 1.165) is 5.56 Å². The van der Waals surface area contributed by atoms with Gasteiger partial charge in [-0.25, -0.2) is 4.39 Å². The van der Waals surface area contributed by atoms with Gasteiger partial charge in [0, 0.05) is 6.42 Å². The van der Waals surface area contributed by atoms with Crippen molar-refractivity contribution in [1.29, 1.82) is 0 Å². The number of ether oxygens (including phenoxy) is 1. The minimum absolute atomic E-state index is 0.0219. The van der Waals surface area contributed by atoms with Crippen LogP contribution in [0.3, 0.4) is 0 Å². The van der Waals surface area contributed by atoms with E-state index < -0.39 is 5.67 Å². The van der Waals surface area contributed by atoms with Gasteiger partial charge >= 0.3 is 0 Å². The molecule has 0 spiro atoms.